The predicted octanol–water partition coefficient (Wildman–Crippen LogP) is 3.36. The third kappa shape index (κ3) is 4.93. The molecular formula is C27H28BrN5O3. The molecule has 0 saturated carbocycles. The van der Waals surface area contributed by atoms with Gasteiger partial charge in [0.05, 0.1) is 12.1 Å². The van der Waals surface area contributed by atoms with Crippen LogP contribution in [0.4, 0.5) is 5.82 Å². The van der Waals surface area contributed by atoms with Crippen molar-refractivity contribution in [3.05, 3.63) is 71.5 Å². The zero-order valence-corrected chi connectivity index (χ0v) is 21.6. The summed E-state index contributed by atoms with van der Waals surface area (Å²) < 4.78 is 2.77. The molecule has 9 heteroatoms. The van der Waals surface area contributed by atoms with Crippen molar-refractivity contribution in [2.24, 2.45) is 5.92 Å². The van der Waals surface area contributed by atoms with Crippen LogP contribution in [0.15, 0.2) is 65.9 Å². The summed E-state index contributed by atoms with van der Waals surface area (Å²) in [6, 6.07) is 11.7. The molecule has 2 aliphatic rings. The van der Waals surface area contributed by atoms with Crippen LogP contribution in [0.25, 0.3) is 10.9 Å². The number of pyridine rings is 1. The number of piperazine rings is 1. The van der Waals surface area contributed by atoms with E-state index in [2.05, 4.69) is 32.4 Å². The number of rotatable bonds is 7. The molecule has 0 N–H and O–H groups in total. The third-order valence-corrected chi connectivity index (χ3v) is 7.41. The zero-order valence-electron chi connectivity index (χ0n) is 20.0. The van der Waals surface area contributed by atoms with E-state index in [-0.39, 0.29) is 30.1 Å². The Hall–Kier alpha value is -3.46. The van der Waals surface area contributed by atoms with Crippen LogP contribution in [0.1, 0.15) is 16.8 Å². The van der Waals surface area contributed by atoms with Crippen LogP contribution >= 0.6 is 15.9 Å². The average Bonchev–Trinajstić information content (AvgIpc) is 3.22. The molecule has 0 atom stereocenters. The third-order valence-electron chi connectivity index (χ3n) is 6.92. The van der Waals surface area contributed by atoms with Gasteiger partial charge in [-0.15, -0.1) is 0 Å². The van der Waals surface area contributed by atoms with E-state index in [9.17, 15) is 14.4 Å². The van der Waals surface area contributed by atoms with Crippen molar-refractivity contribution in [3.63, 3.8) is 0 Å². The maximum Gasteiger partial charge on any atom is 0.256 e. The van der Waals surface area contributed by atoms with E-state index in [1.807, 2.05) is 52.1 Å². The normalized spacial score (nSPS) is 16.2. The quantitative estimate of drug-likeness (QED) is 0.422. The first kappa shape index (κ1) is 24.2. The van der Waals surface area contributed by atoms with Gasteiger partial charge in [-0.1, -0.05) is 28.6 Å². The van der Waals surface area contributed by atoms with Crippen LogP contribution in [0.5, 0.6) is 0 Å². The lowest BCUT2D eigenvalue weighted by Gasteiger charge is -2.38. The number of hydrogen-bond donors (Lipinski definition) is 0. The van der Waals surface area contributed by atoms with Gasteiger partial charge in [-0.2, -0.15) is 0 Å². The molecule has 0 aliphatic carbocycles. The maximum atomic E-state index is 13.6. The number of nitrogens with zero attached hydrogens (tertiary/aromatic N) is 5. The molecule has 0 bridgehead atoms. The van der Waals surface area contributed by atoms with Crippen molar-refractivity contribution in [3.8, 4) is 0 Å². The van der Waals surface area contributed by atoms with E-state index in [0.29, 0.717) is 38.2 Å². The van der Waals surface area contributed by atoms with Gasteiger partial charge in [0.1, 0.15) is 5.82 Å². The molecule has 1 aromatic carbocycles. The van der Waals surface area contributed by atoms with Crippen molar-refractivity contribution in [2.45, 2.75) is 13.0 Å². The van der Waals surface area contributed by atoms with E-state index in [1.54, 1.807) is 11.1 Å². The number of carbonyl (C=O) groups is 3. The molecule has 2 aromatic heterocycles. The molecule has 4 heterocycles. The Bertz CT molecular complexity index is 1310. The Balaban J connectivity index is 1.28. The van der Waals surface area contributed by atoms with Crippen molar-refractivity contribution in [2.75, 3.05) is 44.2 Å². The molecule has 186 valence electrons. The topological polar surface area (TPSA) is 78.8 Å². The highest BCUT2D eigenvalue weighted by Gasteiger charge is 2.31. The van der Waals surface area contributed by atoms with Crippen molar-refractivity contribution in [1.29, 1.82) is 0 Å². The van der Waals surface area contributed by atoms with Gasteiger partial charge in [0.2, 0.25) is 5.91 Å². The summed E-state index contributed by atoms with van der Waals surface area (Å²) in [7, 11) is 0. The predicted molar refractivity (Wildman–Crippen MR) is 142 cm³/mol. The largest absolute Gasteiger partial charge is 0.353 e. The molecule has 8 nitrogen and oxygen atoms in total. The van der Waals surface area contributed by atoms with E-state index in [0.717, 1.165) is 34.3 Å². The number of Topliss-reactive ketones (excluding diaryl/α,β-unsaturated/α-hetero) is 1. The average molecular weight is 550 g/mol. The Labute approximate surface area is 218 Å². The second-order valence-electron chi connectivity index (χ2n) is 9.36. The fraction of sp³-hybridized carbons (Fsp3) is 0.333. The van der Waals surface area contributed by atoms with Crippen LogP contribution in [0.3, 0.4) is 0 Å². The molecule has 0 spiro atoms. The molecule has 3 aromatic rings. The number of fused-ring (bicyclic) bond motifs is 1. The molecule has 36 heavy (non-hydrogen) atoms. The summed E-state index contributed by atoms with van der Waals surface area (Å²) in [5.74, 6) is 1.07. The van der Waals surface area contributed by atoms with Crippen LogP contribution in [-0.4, -0.2) is 76.2 Å². The van der Waals surface area contributed by atoms with Gasteiger partial charge in [0, 0.05) is 79.4 Å². The van der Waals surface area contributed by atoms with Crippen LogP contribution in [-0.2, 0) is 16.1 Å². The summed E-state index contributed by atoms with van der Waals surface area (Å²) in [5.41, 5.74) is 1.47. The SMILES string of the molecule is C=CC(=O)N1CC(CC(=O)Cn2cc(C(=O)N3CCN(c4ccccn4)CC3)c3cc(Br)ccc32)C1. The minimum Gasteiger partial charge on any atom is -0.353 e. The first-order valence-electron chi connectivity index (χ1n) is 12.1. The second kappa shape index (κ2) is 10.3. The van der Waals surface area contributed by atoms with Gasteiger partial charge in [-0.05, 0) is 36.4 Å². The number of benzene rings is 1. The van der Waals surface area contributed by atoms with E-state index in [4.69, 9.17) is 0 Å². The molecule has 2 fully saturated rings. The van der Waals surface area contributed by atoms with Gasteiger partial charge in [0.15, 0.2) is 5.78 Å². The van der Waals surface area contributed by atoms with Gasteiger partial charge in [-0.25, -0.2) is 4.98 Å². The minimum atomic E-state index is -0.0929. The van der Waals surface area contributed by atoms with Gasteiger partial charge < -0.3 is 19.3 Å². The standard InChI is InChI=1S/C27H28BrN5O3/c1-2-26(35)33-15-19(16-33)13-21(34)17-32-18-23(22-14-20(28)6-7-24(22)32)27(36)31-11-9-30(10-12-31)25-5-3-4-8-29-25/h2-8,14,18-19H,1,9-13,15-17H2. The van der Waals surface area contributed by atoms with Crippen molar-refractivity contribution >= 4 is 50.2 Å². The number of hydrogen-bond acceptors (Lipinski definition) is 5. The molecule has 5 rings (SSSR count). The second-order valence-corrected chi connectivity index (χ2v) is 10.3. The van der Waals surface area contributed by atoms with Crippen molar-refractivity contribution in [1.82, 2.24) is 19.4 Å². The first-order valence-corrected chi connectivity index (χ1v) is 12.9. The van der Waals surface area contributed by atoms with E-state index >= 15 is 0 Å². The number of anilines is 1. The lowest BCUT2D eigenvalue weighted by Crippen LogP contribution is -2.50. The fourth-order valence-corrected chi connectivity index (χ4v) is 5.37. The summed E-state index contributed by atoms with van der Waals surface area (Å²) in [4.78, 5) is 48.2. The lowest BCUT2D eigenvalue weighted by molar-refractivity contribution is -0.134. The Morgan fingerprint density at radius 1 is 1.06 bits per heavy atom. The maximum absolute atomic E-state index is 13.6. The molecule has 0 radical (unpaired) electrons. The van der Waals surface area contributed by atoms with Crippen LogP contribution < -0.4 is 4.90 Å². The summed E-state index contributed by atoms with van der Waals surface area (Å²) in [5, 5.41) is 0.834. The zero-order chi connectivity index (χ0) is 25.2. The molecular weight excluding hydrogens is 522 g/mol. The number of carbonyl (C=O) groups excluding carboxylic acids is 3. The first-order chi connectivity index (χ1) is 17.4. The minimum absolute atomic E-state index is 0.0254. The van der Waals surface area contributed by atoms with Crippen LogP contribution in [0.2, 0.25) is 0 Å². The molecule has 2 amide bonds. The number of halogens is 1. The molecule has 0 unspecified atom stereocenters. The fourth-order valence-electron chi connectivity index (χ4n) is 5.00. The highest BCUT2D eigenvalue weighted by atomic mass is 79.9. The Kier molecular flexibility index (Phi) is 6.91. The number of likely N-dealkylation sites (tertiary alicyclic amines) is 1. The van der Waals surface area contributed by atoms with Crippen molar-refractivity contribution < 1.29 is 14.4 Å². The lowest BCUT2D eigenvalue weighted by atomic mass is 9.94. The Morgan fingerprint density at radius 2 is 1.83 bits per heavy atom. The van der Waals surface area contributed by atoms with Gasteiger partial charge >= 0.3 is 0 Å². The summed E-state index contributed by atoms with van der Waals surface area (Å²) >= 11 is 3.52. The molecule has 2 aliphatic heterocycles. The van der Waals surface area contributed by atoms with Gasteiger partial charge in [-0.3, -0.25) is 14.4 Å². The van der Waals surface area contributed by atoms with E-state index < -0.39 is 0 Å². The smallest absolute Gasteiger partial charge is 0.256 e. The number of aromatic nitrogens is 2. The number of amides is 2. The van der Waals surface area contributed by atoms with Crippen LogP contribution in [0, 0.1) is 5.92 Å². The number of ketones is 1. The summed E-state index contributed by atoms with van der Waals surface area (Å²) in [6.07, 6.45) is 5.31. The summed E-state index contributed by atoms with van der Waals surface area (Å²) in [6.45, 7) is 7.53. The highest BCUT2D eigenvalue weighted by molar-refractivity contribution is 9.10. The Morgan fingerprint density at radius 3 is 2.53 bits per heavy atom. The molecule has 2 saturated heterocycles. The van der Waals surface area contributed by atoms with Gasteiger partial charge in [0.25, 0.3) is 5.91 Å². The highest BCUT2D eigenvalue weighted by Crippen LogP contribution is 2.28. The van der Waals surface area contributed by atoms with E-state index in [1.165, 1.54) is 6.08 Å². The monoisotopic (exact) mass is 549 g/mol.